The monoisotopic (exact) mass is 425 g/mol. The average Bonchev–Trinajstić information content (AvgIpc) is 2.49. The molecule has 0 unspecified atom stereocenters. The Hall–Kier alpha value is -2.29. The molecule has 23 heavy (non-hydrogen) atoms. The van der Waals surface area contributed by atoms with Gasteiger partial charge in [-0.1, -0.05) is 24.3 Å². The lowest BCUT2D eigenvalue weighted by molar-refractivity contribution is -0.385. The molecule has 0 aliphatic carbocycles. The number of carbonyl (C=O) groups is 2. The molecular formula is C16H12INO5. The van der Waals surface area contributed by atoms with Crippen LogP contribution in [0, 0.1) is 20.6 Å². The molecule has 7 heteroatoms. The van der Waals surface area contributed by atoms with Gasteiger partial charge in [-0.25, -0.2) is 0 Å². The summed E-state index contributed by atoms with van der Waals surface area (Å²) in [5.41, 5.74) is 1.50. The zero-order valence-electron chi connectivity index (χ0n) is 12.1. The van der Waals surface area contributed by atoms with Gasteiger partial charge in [-0.3, -0.25) is 19.7 Å². The van der Waals surface area contributed by atoms with Crippen molar-refractivity contribution in [3.8, 4) is 5.75 Å². The predicted octanol–water partition coefficient (Wildman–Crippen LogP) is 3.69. The lowest BCUT2D eigenvalue weighted by atomic mass is 10.0. The number of halogens is 1. The van der Waals surface area contributed by atoms with E-state index in [1.807, 2.05) is 35.6 Å². The van der Waals surface area contributed by atoms with Crippen LogP contribution in [0.4, 0.5) is 5.69 Å². The molecule has 0 bridgehead atoms. The molecule has 118 valence electrons. The van der Waals surface area contributed by atoms with Crippen molar-refractivity contribution in [1.82, 2.24) is 0 Å². The summed E-state index contributed by atoms with van der Waals surface area (Å²) < 4.78 is 5.64. The molecule has 1 heterocycles. The van der Waals surface area contributed by atoms with Gasteiger partial charge in [-0.15, -0.1) is 0 Å². The normalized spacial score (nSPS) is 12.6. The van der Waals surface area contributed by atoms with Gasteiger partial charge in [0.1, 0.15) is 12.2 Å². The zero-order valence-corrected chi connectivity index (χ0v) is 14.3. The maximum absolute atomic E-state index is 11.3. The number of nitro benzene ring substituents is 1. The highest BCUT2D eigenvalue weighted by molar-refractivity contribution is 14.1. The van der Waals surface area contributed by atoms with Crippen LogP contribution in [-0.4, -0.2) is 16.7 Å². The second-order valence-electron chi connectivity index (χ2n) is 4.73. The van der Waals surface area contributed by atoms with Crippen LogP contribution >= 0.6 is 22.6 Å². The lowest BCUT2D eigenvalue weighted by Crippen LogP contribution is -2.21. The summed E-state index contributed by atoms with van der Waals surface area (Å²) in [6, 6.07) is 11.9. The summed E-state index contributed by atoms with van der Waals surface area (Å²) in [5.74, 6) is -0.203. The van der Waals surface area contributed by atoms with E-state index in [2.05, 4.69) is 0 Å². The molecule has 0 fully saturated rings. The summed E-state index contributed by atoms with van der Waals surface area (Å²) in [6.07, 6.45) is -0.142. The van der Waals surface area contributed by atoms with Crippen LogP contribution in [0.15, 0.2) is 42.5 Å². The van der Waals surface area contributed by atoms with Crippen LogP contribution in [-0.2, 0) is 4.79 Å². The fourth-order valence-corrected chi connectivity index (χ4v) is 2.57. The van der Waals surface area contributed by atoms with Gasteiger partial charge in [0.2, 0.25) is 0 Å². The number of hydrogen-bond acceptors (Lipinski definition) is 5. The minimum absolute atomic E-state index is 0.142. The first-order valence-corrected chi connectivity index (χ1v) is 7.70. The molecule has 0 spiro atoms. The Bertz CT molecular complexity index is 788. The van der Waals surface area contributed by atoms with Gasteiger partial charge in [0.05, 0.1) is 14.1 Å². The van der Waals surface area contributed by atoms with Gasteiger partial charge in [0.15, 0.2) is 5.78 Å². The Kier molecular flexibility index (Phi) is 5.43. The first kappa shape index (κ1) is 17.1. The zero-order chi connectivity index (χ0) is 17.0. The number of ketones is 1. The number of nitro groups is 1. The topological polar surface area (TPSA) is 86.5 Å². The highest BCUT2D eigenvalue weighted by Gasteiger charge is 2.25. The highest BCUT2D eigenvalue weighted by Crippen LogP contribution is 2.28. The van der Waals surface area contributed by atoms with Crippen molar-refractivity contribution in [2.75, 3.05) is 0 Å². The molecule has 0 atom stereocenters. The minimum Gasteiger partial charge on any atom is -0.425 e. The second kappa shape index (κ2) is 7.32. The third-order valence-electron chi connectivity index (χ3n) is 3.08. The van der Waals surface area contributed by atoms with Crippen LogP contribution in [0.2, 0.25) is 0 Å². The quantitative estimate of drug-likeness (QED) is 0.174. The van der Waals surface area contributed by atoms with Crippen molar-refractivity contribution in [2.45, 2.75) is 13.3 Å². The second-order valence-corrected chi connectivity index (χ2v) is 5.90. The molecule has 1 aliphatic heterocycles. The van der Waals surface area contributed by atoms with E-state index in [4.69, 9.17) is 4.74 Å². The standard InChI is InChI=1S/C10H8O3.C6H4INO2/c1-6-3-2-4-7-8(11)5-9(12)13-10(6)7;7-5-3-1-2-4-6(5)8(9)10/h2-4H,5H2,1H3;1-4H. The summed E-state index contributed by atoms with van der Waals surface area (Å²) in [5, 5.41) is 10.2. The van der Waals surface area contributed by atoms with E-state index >= 15 is 0 Å². The number of Topliss-reactive ketones (excluding diaryl/α,β-unsaturated/α-hetero) is 1. The van der Waals surface area contributed by atoms with E-state index in [-0.39, 0.29) is 22.8 Å². The van der Waals surface area contributed by atoms with Crippen molar-refractivity contribution < 1.29 is 19.2 Å². The van der Waals surface area contributed by atoms with Crippen LogP contribution in [0.25, 0.3) is 0 Å². The Morgan fingerprint density at radius 1 is 1.13 bits per heavy atom. The van der Waals surface area contributed by atoms with Crippen LogP contribution in [0.5, 0.6) is 5.75 Å². The first-order valence-electron chi connectivity index (χ1n) is 6.62. The summed E-state index contributed by atoms with van der Waals surface area (Å²) in [7, 11) is 0. The maximum atomic E-state index is 11.3. The van der Waals surface area contributed by atoms with Gasteiger partial charge in [0.25, 0.3) is 5.69 Å². The number of para-hydroxylation sites is 2. The van der Waals surface area contributed by atoms with Crippen LogP contribution < -0.4 is 4.74 Å². The van der Waals surface area contributed by atoms with E-state index in [9.17, 15) is 19.7 Å². The average molecular weight is 425 g/mol. The number of hydrogen-bond donors (Lipinski definition) is 0. The van der Waals surface area contributed by atoms with E-state index in [1.54, 1.807) is 30.3 Å². The SMILES string of the molecule is Cc1cccc2c1OC(=O)CC2=O.O=[N+]([O-])c1ccccc1I. The fraction of sp³-hybridized carbons (Fsp3) is 0.125. The van der Waals surface area contributed by atoms with Crippen molar-refractivity contribution >= 4 is 40.0 Å². The summed E-state index contributed by atoms with van der Waals surface area (Å²) in [6.45, 7) is 1.81. The Labute approximate surface area is 145 Å². The number of fused-ring (bicyclic) bond motifs is 1. The number of nitrogens with zero attached hydrogens (tertiary/aromatic N) is 1. The first-order chi connectivity index (χ1) is 10.9. The van der Waals surface area contributed by atoms with Crippen LogP contribution in [0.1, 0.15) is 22.3 Å². The molecule has 0 saturated carbocycles. The molecule has 2 aromatic rings. The van der Waals surface area contributed by atoms with Gasteiger partial charge in [-0.05, 0) is 47.2 Å². The van der Waals surface area contributed by atoms with E-state index in [0.29, 0.717) is 14.9 Å². The highest BCUT2D eigenvalue weighted by atomic mass is 127. The minimum atomic E-state index is -0.466. The van der Waals surface area contributed by atoms with E-state index in [1.165, 1.54) is 6.07 Å². The largest absolute Gasteiger partial charge is 0.425 e. The van der Waals surface area contributed by atoms with E-state index < -0.39 is 5.97 Å². The molecule has 0 amide bonds. The summed E-state index contributed by atoms with van der Waals surface area (Å²) in [4.78, 5) is 32.1. The number of esters is 1. The van der Waals surface area contributed by atoms with Gasteiger partial charge in [0, 0.05) is 6.07 Å². The van der Waals surface area contributed by atoms with Gasteiger partial charge in [-0.2, -0.15) is 0 Å². The van der Waals surface area contributed by atoms with Crippen molar-refractivity contribution in [2.24, 2.45) is 0 Å². The molecule has 6 nitrogen and oxygen atoms in total. The van der Waals surface area contributed by atoms with Gasteiger partial charge >= 0.3 is 5.97 Å². The Morgan fingerprint density at radius 2 is 1.83 bits per heavy atom. The van der Waals surface area contributed by atoms with Crippen molar-refractivity contribution in [3.05, 3.63) is 67.3 Å². The molecule has 0 N–H and O–H groups in total. The number of rotatable bonds is 1. The maximum Gasteiger partial charge on any atom is 0.319 e. The van der Waals surface area contributed by atoms with Crippen molar-refractivity contribution in [1.29, 1.82) is 0 Å². The molecule has 0 aromatic heterocycles. The predicted molar refractivity (Wildman–Crippen MR) is 91.6 cm³/mol. The van der Waals surface area contributed by atoms with Crippen molar-refractivity contribution in [3.63, 3.8) is 0 Å². The lowest BCUT2D eigenvalue weighted by Gasteiger charge is -2.15. The van der Waals surface area contributed by atoms with Crippen LogP contribution in [0.3, 0.4) is 0 Å². The third kappa shape index (κ3) is 4.13. The number of ether oxygens (including phenoxy) is 1. The fourth-order valence-electron chi connectivity index (χ4n) is 1.98. The molecule has 0 saturated heterocycles. The summed E-state index contributed by atoms with van der Waals surface area (Å²) >= 11 is 1.93. The molecular weight excluding hydrogens is 413 g/mol. The van der Waals surface area contributed by atoms with E-state index in [0.717, 1.165) is 5.56 Å². The number of carbonyl (C=O) groups excluding carboxylic acids is 2. The molecule has 1 aliphatic rings. The molecule has 2 aromatic carbocycles. The Morgan fingerprint density at radius 3 is 2.43 bits per heavy atom. The third-order valence-corrected chi connectivity index (χ3v) is 3.99. The smallest absolute Gasteiger partial charge is 0.319 e. The molecule has 3 rings (SSSR count). The Balaban J connectivity index is 0.000000174. The number of benzene rings is 2. The number of aryl methyl sites for hydroxylation is 1. The molecule has 0 radical (unpaired) electrons. The van der Waals surface area contributed by atoms with Gasteiger partial charge < -0.3 is 4.74 Å².